The Kier molecular flexibility index (Phi) is 4.01. The molecule has 28 heavy (non-hydrogen) atoms. The van der Waals surface area contributed by atoms with Crippen molar-refractivity contribution < 1.29 is 13.9 Å². The van der Waals surface area contributed by atoms with Gasteiger partial charge in [0.05, 0.1) is 25.4 Å². The molecule has 1 saturated carbocycles. The van der Waals surface area contributed by atoms with Crippen LogP contribution in [0.5, 0.6) is 0 Å². The quantitative estimate of drug-likeness (QED) is 0.712. The van der Waals surface area contributed by atoms with E-state index in [9.17, 15) is 14.4 Å². The highest BCUT2D eigenvalue weighted by Gasteiger charge is 2.45. The first-order chi connectivity index (χ1) is 13.6. The summed E-state index contributed by atoms with van der Waals surface area (Å²) in [5.74, 6) is 0.572. The van der Waals surface area contributed by atoms with Crippen LogP contribution in [0, 0.1) is 0 Å². The van der Waals surface area contributed by atoms with E-state index in [1.807, 2.05) is 0 Å². The van der Waals surface area contributed by atoms with Gasteiger partial charge in [0, 0.05) is 6.54 Å². The van der Waals surface area contributed by atoms with Gasteiger partial charge in [0.1, 0.15) is 12.2 Å². The molecule has 1 aliphatic carbocycles. The summed E-state index contributed by atoms with van der Waals surface area (Å²) in [5.41, 5.74) is -1.78. The number of carbonyl (C=O) groups excluding carboxylic acids is 1. The van der Waals surface area contributed by atoms with Crippen molar-refractivity contribution in [2.24, 2.45) is 0 Å². The maximum Gasteiger partial charge on any atom is 0.332 e. The Morgan fingerprint density at radius 3 is 2.75 bits per heavy atom. The second-order valence-corrected chi connectivity index (χ2v) is 7.92. The molecule has 5 rings (SSSR count). The third-order valence-corrected chi connectivity index (χ3v) is 6.13. The number of rotatable bonds is 2. The lowest BCUT2D eigenvalue weighted by Gasteiger charge is -2.35. The average molecular weight is 386 g/mol. The number of hydrogen-bond donors (Lipinski definition) is 0. The molecule has 1 amide bonds. The minimum absolute atomic E-state index is 0.00914. The van der Waals surface area contributed by atoms with Crippen LogP contribution in [0.15, 0.2) is 32.4 Å². The van der Waals surface area contributed by atoms with Crippen molar-refractivity contribution >= 4 is 5.91 Å². The van der Waals surface area contributed by atoms with Crippen LogP contribution in [0.4, 0.5) is 0 Å². The highest BCUT2D eigenvalue weighted by atomic mass is 16.5. The van der Waals surface area contributed by atoms with Gasteiger partial charge in [-0.05, 0) is 31.4 Å². The maximum atomic E-state index is 12.8. The molecular formula is C19H22N4O5. The Hall–Kier alpha value is -2.68. The summed E-state index contributed by atoms with van der Waals surface area (Å²) in [4.78, 5) is 39.6. The van der Waals surface area contributed by atoms with Crippen LogP contribution in [0.2, 0.25) is 0 Å². The lowest BCUT2D eigenvalue weighted by atomic mass is 10.0. The number of nitrogens with zero attached hydrogens (tertiary/aromatic N) is 4. The van der Waals surface area contributed by atoms with Gasteiger partial charge in [-0.15, -0.1) is 0 Å². The summed E-state index contributed by atoms with van der Waals surface area (Å²) in [7, 11) is 0. The predicted octanol–water partition coefficient (Wildman–Crippen LogP) is 0.928. The van der Waals surface area contributed by atoms with Crippen LogP contribution in [-0.4, -0.2) is 43.8 Å². The van der Waals surface area contributed by atoms with E-state index < -0.39 is 16.7 Å². The summed E-state index contributed by atoms with van der Waals surface area (Å²) >= 11 is 0. The number of hydrogen-bond acceptors (Lipinski definition) is 6. The number of aromatic nitrogens is 3. The second-order valence-electron chi connectivity index (χ2n) is 7.92. The zero-order valence-electron chi connectivity index (χ0n) is 15.5. The minimum Gasteiger partial charge on any atom is -0.459 e. The standard InChI is InChI=1S/C19H22N4O5/c24-16(14-6-3-9-27-14)21-8-7-19(11-21)12-22-15(10-28-19)20-23(18(26)17(22)25)13-4-1-2-5-13/h3,6,9,13H,1-2,4-5,7-8,10-12H2/t19-/m0/s1. The molecule has 1 spiro atoms. The lowest BCUT2D eigenvalue weighted by molar-refractivity contribution is -0.0845. The molecule has 9 nitrogen and oxygen atoms in total. The normalized spacial score (nSPS) is 24.8. The zero-order chi connectivity index (χ0) is 19.3. The first-order valence-corrected chi connectivity index (χ1v) is 9.76. The molecule has 0 unspecified atom stereocenters. The van der Waals surface area contributed by atoms with Gasteiger partial charge in [0.2, 0.25) is 0 Å². The molecule has 4 heterocycles. The van der Waals surface area contributed by atoms with Gasteiger partial charge in [0.25, 0.3) is 5.91 Å². The van der Waals surface area contributed by atoms with Crippen molar-refractivity contribution in [3.63, 3.8) is 0 Å². The molecule has 3 aliphatic rings. The molecule has 2 aliphatic heterocycles. The Balaban J connectivity index is 1.41. The molecule has 0 aromatic carbocycles. The Morgan fingerprint density at radius 1 is 1.18 bits per heavy atom. The summed E-state index contributed by atoms with van der Waals surface area (Å²) in [5, 5.41) is 4.45. The fourth-order valence-corrected chi connectivity index (χ4v) is 4.59. The van der Waals surface area contributed by atoms with Crippen LogP contribution in [0.1, 0.15) is 54.5 Å². The summed E-state index contributed by atoms with van der Waals surface area (Å²) in [6.07, 6.45) is 5.92. The molecular weight excluding hydrogens is 364 g/mol. The molecule has 0 N–H and O–H groups in total. The summed E-state index contributed by atoms with van der Waals surface area (Å²) in [6, 6.07) is 3.31. The topological polar surface area (TPSA) is 99.6 Å². The zero-order valence-corrected chi connectivity index (χ0v) is 15.5. The molecule has 2 aromatic rings. The van der Waals surface area contributed by atoms with Crippen molar-refractivity contribution in [2.45, 2.75) is 56.9 Å². The largest absolute Gasteiger partial charge is 0.459 e. The van der Waals surface area contributed by atoms with E-state index in [0.29, 0.717) is 25.3 Å². The van der Waals surface area contributed by atoms with E-state index in [2.05, 4.69) is 5.10 Å². The Morgan fingerprint density at radius 2 is 2.00 bits per heavy atom. The molecule has 2 aromatic heterocycles. The molecule has 2 fully saturated rings. The van der Waals surface area contributed by atoms with E-state index in [0.717, 1.165) is 25.7 Å². The minimum atomic E-state index is -0.674. The summed E-state index contributed by atoms with van der Waals surface area (Å²) < 4.78 is 14.1. The predicted molar refractivity (Wildman–Crippen MR) is 97.0 cm³/mol. The van der Waals surface area contributed by atoms with Crippen LogP contribution < -0.4 is 11.1 Å². The van der Waals surface area contributed by atoms with Gasteiger partial charge in [-0.3, -0.25) is 19.0 Å². The molecule has 0 bridgehead atoms. The van der Waals surface area contributed by atoms with Crippen LogP contribution >= 0.6 is 0 Å². The van der Waals surface area contributed by atoms with Crippen molar-refractivity contribution in [3.8, 4) is 0 Å². The number of furan rings is 1. The Bertz CT molecular complexity index is 1020. The van der Waals surface area contributed by atoms with E-state index >= 15 is 0 Å². The fraction of sp³-hybridized carbons (Fsp3) is 0.579. The van der Waals surface area contributed by atoms with Crippen LogP contribution in [0.25, 0.3) is 0 Å². The monoisotopic (exact) mass is 386 g/mol. The van der Waals surface area contributed by atoms with Crippen molar-refractivity contribution in [1.82, 2.24) is 19.2 Å². The Labute approximate surface area is 160 Å². The highest BCUT2D eigenvalue weighted by molar-refractivity contribution is 5.91. The number of carbonyl (C=O) groups is 1. The van der Waals surface area contributed by atoms with E-state index in [-0.39, 0.29) is 30.9 Å². The smallest absolute Gasteiger partial charge is 0.332 e. The third kappa shape index (κ3) is 2.72. The SMILES string of the molecule is O=C(c1ccco1)N1CC[C@]2(C1)Cn1c(nn(C3CCCC3)c(=O)c1=O)CO2. The maximum absolute atomic E-state index is 12.8. The number of ether oxygens (including phenoxy) is 1. The number of fused-ring (bicyclic) bond motifs is 1. The van der Waals surface area contributed by atoms with E-state index in [1.165, 1.54) is 15.5 Å². The summed E-state index contributed by atoms with van der Waals surface area (Å²) in [6.45, 7) is 1.25. The van der Waals surface area contributed by atoms with Crippen molar-refractivity contribution in [1.29, 1.82) is 0 Å². The first-order valence-electron chi connectivity index (χ1n) is 9.76. The molecule has 0 radical (unpaired) electrons. The van der Waals surface area contributed by atoms with E-state index in [1.54, 1.807) is 17.0 Å². The van der Waals surface area contributed by atoms with Gasteiger partial charge in [0.15, 0.2) is 11.6 Å². The van der Waals surface area contributed by atoms with Gasteiger partial charge in [-0.25, -0.2) is 4.68 Å². The number of amides is 1. The van der Waals surface area contributed by atoms with Crippen molar-refractivity contribution in [3.05, 3.63) is 50.7 Å². The van der Waals surface area contributed by atoms with Crippen LogP contribution in [-0.2, 0) is 17.9 Å². The molecule has 148 valence electrons. The van der Waals surface area contributed by atoms with Crippen LogP contribution in [0.3, 0.4) is 0 Å². The third-order valence-electron chi connectivity index (χ3n) is 6.13. The molecule has 9 heteroatoms. The molecule has 1 saturated heterocycles. The van der Waals surface area contributed by atoms with Gasteiger partial charge in [-0.1, -0.05) is 12.8 Å². The van der Waals surface area contributed by atoms with E-state index in [4.69, 9.17) is 9.15 Å². The molecule has 1 atom stereocenters. The fourth-order valence-electron chi connectivity index (χ4n) is 4.59. The lowest BCUT2D eigenvalue weighted by Crippen LogP contribution is -2.53. The second kappa shape index (κ2) is 6.44. The highest BCUT2D eigenvalue weighted by Crippen LogP contribution is 2.32. The van der Waals surface area contributed by atoms with Crippen molar-refractivity contribution in [2.75, 3.05) is 13.1 Å². The van der Waals surface area contributed by atoms with Gasteiger partial charge >= 0.3 is 11.1 Å². The number of likely N-dealkylation sites (tertiary alicyclic amines) is 1. The van der Waals surface area contributed by atoms with Gasteiger partial charge in [-0.2, -0.15) is 5.10 Å². The average Bonchev–Trinajstić information content (AvgIpc) is 3.47. The van der Waals surface area contributed by atoms with Gasteiger partial charge < -0.3 is 14.1 Å². The first kappa shape index (κ1) is 17.4.